The molecule has 0 atom stereocenters. The van der Waals surface area contributed by atoms with Gasteiger partial charge in [-0.05, 0) is 31.9 Å². The maximum Gasteiger partial charge on any atom is 0.282 e. The zero-order valence-electron chi connectivity index (χ0n) is 8.85. The Bertz CT molecular complexity index is 593. The van der Waals surface area contributed by atoms with Gasteiger partial charge in [0.2, 0.25) is 11.8 Å². The maximum absolute atomic E-state index is 11.8. The lowest BCUT2D eigenvalue weighted by atomic mass is 10.5. The quantitative estimate of drug-likeness (QED) is 0.830. The van der Waals surface area contributed by atoms with Gasteiger partial charge in [-0.15, -0.1) is 10.2 Å². The fourth-order valence-corrected chi connectivity index (χ4v) is 1.75. The summed E-state index contributed by atoms with van der Waals surface area (Å²) >= 11 is 6.38. The molecule has 0 aliphatic rings. The molecule has 2 heterocycles. The highest BCUT2D eigenvalue weighted by Crippen LogP contribution is 2.16. The van der Waals surface area contributed by atoms with Crippen LogP contribution in [0.5, 0.6) is 0 Å². The molecule has 2 rings (SSSR count). The fraction of sp³-hybridized carbons (Fsp3) is 0.333. The van der Waals surface area contributed by atoms with Crippen LogP contribution in [0.1, 0.15) is 18.7 Å². The molecule has 0 saturated heterocycles. The Kier molecular flexibility index (Phi) is 3.72. The minimum absolute atomic E-state index is 0.164. The van der Waals surface area contributed by atoms with Crippen molar-refractivity contribution in [2.75, 3.05) is 0 Å². The number of hydrogen-bond acceptors (Lipinski definition) is 5. The van der Waals surface area contributed by atoms with Gasteiger partial charge in [-0.1, -0.05) is 6.92 Å². The highest BCUT2D eigenvalue weighted by Gasteiger charge is 2.10. The van der Waals surface area contributed by atoms with E-state index in [1.807, 2.05) is 6.92 Å². The van der Waals surface area contributed by atoms with Crippen molar-refractivity contribution in [2.24, 2.45) is 0 Å². The molecule has 0 bridgehead atoms. The number of halogens is 2. The molecule has 0 fully saturated rings. The second kappa shape index (κ2) is 5.09. The summed E-state index contributed by atoms with van der Waals surface area (Å²) in [5.74, 6) is 0.912. The van der Waals surface area contributed by atoms with Crippen LogP contribution >= 0.6 is 31.9 Å². The average molecular weight is 364 g/mol. The van der Waals surface area contributed by atoms with E-state index in [4.69, 9.17) is 4.42 Å². The Balaban J connectivity index is 2.30. The molecule has 8 heteroatoms. The summed E-state index contributed by atoms with van der Waals surface area (Å²) in [6, 6.07) is 0. The van der Waals surface area contributed by atoms with Crippen molar-refractivity contribution < 1.29 is 4.42 Å². The molecule has 0 unspecified atom stereocenters. The van der Waals surface area contributed by atoms with Crippen molar-refractivity contribution in [3.8, 4) is 0 Å². The minimum Gasteiger partial charge on any atom is -0.423 e. The van der Waals surface area contributed by atoms with E-state index in [9.17, 15) is 4.79 Å². The summed E-state index contributed by atoms with van der Waals surface area (Å²) in [5.41, 5.74) is -0.254. The van der Waals surface area contributed by atoms with E-state index in [0.29, 0.717) is 27.1 Å². The lowest BCUT2D eigenvalue weighted by Gasteiger charge is -2.02. The summed E-state index contributed by atoms with van der Waals surface area (Å²) in [7, 11) is 0. The zero-order valence-corrected chi connectivity index (χ0v) is 12.0. The first kappa shape index (κ1) is 12.4. The van der Waals surface area contributed by atoms with Gasteiger partial charge in [-0.2, -0.15) is 5.10 Å². The second-order valence-electron chi connectivity index (χ2n) is 3.21. The lowest BCUT2D eigenvalue weighted by molar-refractivity contribution is 0.427. The summed E-state index contributed by atoms with van der Waals surface area (Å²) in [6.45, 7) is 2.08. The molecule has 0 aromatic carbocycles. The van der Waals surface area contributed by atoms with Gasteiger partial charge in [-0.3, -0.25) is 4.79 Å². The SMILES string of the molecule is CCc1nnc(Cn2ncc(Br)c(Br)c2=O)o1. The molecule has 0 aliphatic carbocycles. The van der Waals surface area contributed by atoms with Crippen LogP contribution in [0, 0.1) is 0 Å². The third-order valence-corrected chi connectivity index (χ3v) is 3.94. The summed E-state index contributed by atoms with van der Waals surface area (Å²) in [6.07, 6.45) is 2.20. The normalized spacial score (nSPS) is 10.8. The first-order valence-corrected chi connectivity index (χ1v) is 6.42. The molecule has 0 amide bonds. The number of rotatable bonds is 3. The first-order chi connectivity index (χ1) is 8.11. The first-order valence-electron chi connectivity index (χ1n) is 4.84. The number of hydrogen-bond donors (Lipinski definition) is 0. The number of aromatic nitrogens is 4. The van der Waals surface area contributed by atoms with E-state index in [1.165, 1.54) is 10.9 Å². The Hall–Kier alpha value is -1.02. The third kappa shape index (κ3) is 2.63. The van der Waals surface area contributed by atoms with E-state index in [2.05, 4.69) is 47.2 Å². The van der Waals surface area contributed by atoms with Crippen LogP contribution in [-0.2, 0) is 13.0 Å². The summed E-state index contributed by atoms with van der Waals surface area (Å²) < 4.78 is 7.59. The molecule has 2 aromatic rings. The molecule has 2 aromatic heterocycles. The van der Waals surface area contributed by atoms with Crippen molar-refractivity contribution in [2.45, 2.75) is 19.9 Å². The van der Waals surface area contributed by atoms with Crippen molar-refractivity contribution >= 4 is 31.9 Å². The van der Waals surface area contributed by atoms with Crippen molar-refractivity contribution in [3.05, 3.63) is 37.3 Å². The summed E-state index contributed by atoms with van der Waals surface area (Å²) in [5, 5.41) is 11.6. The predicted molar refractivity (Wildman–Crippen MR) is 66.7 cm³/mol. The molecule has 6 nitrogen and oxygen atoms in total. The maximum atomic E-state index is 11.8. The predicted octanol–water partition coefficient (Wildman–Crippen LogP) is 1.76. The number of nitrogens with zero attached hydrogens (tertiary/aromatic N) is 4. The van der Waals surface area contributed by atoms with Gasteiger partial charge in [0, 0.05) is 6.42 Å². The molecule has 0 saturated carbocycles. The Labute approximate surface area is 113 Å². The van der Waals surface area contributed by atoms with Gasteiger partial charge in [0.25, 0.3) is 5.56 Å². The zero-order chi connectivity index (χ0) is 12.4. The van der Waals surface area contributed by atoms with Crippen LogP contribution in [0.2, 0.25) is 0 Å². The van der Waals surface area contributed by atoms with E-state index < -0.39 is 0 Å². The van der Waals surface area contributed by atoms with Gasteiger partial charge in [0.15, 0.2) is 0 Å². The van der Waals surface area contributed by atoms with E-state index in [-0.39, 0.29) is 12.1 Å². The molecule has 0 spiro atoms. The lowest BCUT2D eigenvalue weighted by Crippen LogP contribution is -2.24. The summed E-state index contributed by atoms with van der Waals surface area (Å²) in [4.78, 5) is 11.8. The van der Waals surface area contributed by atoms with Crippen molar-refractivity contribution in [1.29, 1.82) is 0 Å². The van der Waals surface area contributed by atoms with Crippen molar-refractivity contribution in [3.63, 3.8) is 0 Å². The topological polar surface area (TPSA) is 73.8 Å². The van der Waals surface area contributed by atoms with E-state index >= 15 is 0 Å². The van der Waals surface area contributed by atoms with Gasteiger partial charge >= 0.3 is 0 Å². The van der Waals surface area contributed by atoms with Gasteiger partial charge < -0.3 is 4.42 Å². The molecular formula is C9H8Br2N4O2. The standard InChI is InChI=1S/C9H8Br2N4O2/c1-2-6-13-14-7(17-6)4-15-9(16)8(11)5(10)3-12-15/h3H,2,4H2,1H3. The smallest absolute Gasteiger partial charge is 0.282 e. The molecule has 0 N–H and O–H groups in total. The highest BCUT2D eigenvalue weighted by molar-refractivity contribution is 9.13. The average Bonchev–Trinajstić information content (AvgIpc) is 2.78. The second-order valence-corrected chi connectivity index (χ2v) is 4.86. The van der Waals surface area contributed by atoms with E-state index in [1.54, 1.807) is 0 Å². The molecule has 17 heavy (non-hydrogen) atoms. The van der Waals surface area contributed by atoms with Crippen LogP contribution in [0.25, 0.3) is 0 Å². The molecule has 0 aliphatic heterocycles. The molecular weight excluding hydrogens is 356 g/mol. The van der Waals surface area contributed by atoms with E-state index in [0.717, 1.165) is 0 Å². The Morgan fingerprint density at radius 1 is 1.35 bits per heavy atom. The Morgan fingerprint density at radius 2 is 2.06 bits per heavy atom. The minimum atomic E-state index is -0.254. The van der Waals surface area contributed by atoms with Crippen LogP contribution < -0.4 is 5.56 Å². The van der Waals surface area contributed by atoms with Gasteiger partial charge in [-0.25, -0.2) is 4.68 Å². The number of aryl methyl sites for hydroxylation is 1. The molecule has 90 valence electrons. The van der Waals surface area contributed by atoms with Crippen LogP contribution in [0.4, 0.5) is 0 Å². The monoisotopic (exact) mass is 362 g/mol. The van der Waals surface area contributed by atoms with Crippen LogP contribution in [0.3, 0.4) is 0 Å². The Morgan fingerprint density at radius 3 is 2.71 bits per heavy atom. The fourth-order valence-electron chi connectivity index (χ4n) is 1.18. The molecule has 0 radical (unpaired) electrons. The van der Waals surface area contributed by atoms with Crippen LogP contribution in [-0.4, -0.2) is 20.0 Å². The van der Waals surface area contributed by atoms with Crippen molar-refractivity contribution in [1.82, 2.24) is 20.0 Å². The third-order valence-electron chi connectivity index (χ3n) is 2.04. The van der Waals surface area contributed by atoms with Gasteiger partial charge in [0.1, 0.15) is 11.0 Å². The van der Waals surface area contributed by atoms with Crippen LogP contribution in [0.15, 0.2) is 24.4 Å². The van der Waals surface area contributed by atoms with Gasteiger partial charge in [0.05, 0.1) is 10.7 Å². The largest absolute Gasteiger partial charge is 0.423 e. The highest BCUT2D eigenvalue weighted by atomic mass is 79.9.